The third kappa shape index (κ3) is 5.61. The predicted octanol–water partition coefficient (Wildman–Crippen LogP) is 1.63. The number of benzene rings is 1. The fourth-order valence-electron chi connectivity index (χ4n) is 3.03. The molecule has 1 atom stereocenters. The quantitative estimate of drug-likeness (QED) is 0.761. The molecule has 2 heterocycles. The fourth-order valence-corrected chi connectivity index (χ4v) is 3.03. The second kappa shape index (κ2) is 9.96. The van der Waals surface area contributed by atoms with E-state index in [0.29, 0.717) is 6.54 Å². The van der Waals surface area contributed by atoms with Crippen molar-refractivity contribution >= 4 is 11.8 Å². The van der Waals surface area contributed by atoms with Crippen LogP contribution in [0.25, 0.3) is 0 Å². The summed E-state index contributed by atoms with van der Waals surface area (Å²) in [6, 6.07) is 14.4. The van der Waals surface area contributed by atoms with E-state index in [9.17, 15) is 9.59 Å². The van der Waals surface area contributed by atoms with Gasteiger partial charge in [0.05, 0.1) is 19.3 Å². The van der Waals surface area contributed by atoms with E-state index in [1.54, 1.807) is 18.2 Å². The zero-order chi connectivity index (χ0) is 19.8. The van der Waals surface area contributed by atoms with Gasteiger partial charge in [-0.2, -0.15) is 0 Å². The van der Waals surface area contributed by atoms with Crippen molar-refractivity contribution in [3.05, 3.63) is 65.5 Å². The fraction of sp³-hybridized carbons (Fsp3) is 0.381. The summed E-state index contributed by atoms with van der Waals surface area (Å²) in [5.74, 6) is -0.585. The van der Waals surface area contributed by atoms with Crippen molar-refractivity contribution < 1.29 is 14.3 Å². The number of rotatable bonds is 7. The van der Waals surface area contributed by atoms with Crippen LogP contribution < -0.4 is 10.6 Å². The van der Waals surface area contributed by atoms with Gasteiger partial charge in [-0.1, -0.05) is 36.4 Å². The van der Waals surface area contributed by atoms with E-state index in [-0.39, 0.29) is 29.2 Å². The van der Waals surface area contributed by atoms with Crippen molar-refractivity contribution in [2.24, 2.45) is 0 Å². The molecule has 1 aliphatic rings. The maximum Gasteiger partial charge on any atom is 0.270 e. The van der Waals surface area contributed by atoms with E-state index in [1.807, 2.05) is 37.3 Å². The van der Waals surface area contributed by atoms with Gasteiger partial charge < -0.3 is 15.4 Å². The van der Waals surface area contributed by atoms with Gasteiger partial charge in [-0.05, 0) is 24.6 Å². The molecule has 1 unspecified atom stereocenters. The number of hydrogen-bond donors (Lipinski definition) is 2. The first-order valence-electron chi connectivity index (χ1n) is 9.54. The highest BCUT2D eigenvalue weighted by Crippen LogP contribution is 2.12. The summed E-state index contributed by atoms with van der Waals surface area (Å²) in [4.78, 5) is 31.3. The second-order valence-corrected chi connectivity index (χ2v) is 6.72. The summed E-state index contributed by atoms with van der Waals surface area (Å²) in [5, 5.41) is 5.78. The molecule has 1 fully saturated rings. The van der Waals surface area contributed by atoms with E-state index < -0.39 is 0 Å². The van der Waals surface area contributed by atoms with Crippen molar-refractivity contribution in [1.29, 1.82) is 0 Å². The molecule has 3 rings (SSSR count). The van der Waals surface area contributed by atoms with Gasteiger partial charge in [0, 0.05) is 26.2 Å². The summed E-state index contributed by atoms with van der Waals surface area (Å²) >= 11 is 0. The summed E-state index contributed by atoms with van der Waals surface area (Å²) in [5.41, 5.74) is 1.47. The van der Waals surface area contributed by atoms with Crippen LogP contribution in [0.5, 0.6) is 0 Å². The Morgan fingerprint density at radius 2 is 1.71 bits per heavy atom. The molecule has 1 aromatic heterocycles. The largest absolute Gasteiger partial charge is 0.379 e. The van der Waals surface area contributed by atoms with Gasteiger partial charge in [0.25, 0.3) is 11.8 Å². The summed E-state index contributed by atoms with van der Waals surface area (Å²) < 4.78 is 5.31. The van der Waals surface area contributed by atoms with Gasteiger partial charge in [-0.3, -0.25) is 14.5 Å². The van der Waals surface area contributed by atoms with E-state index >= 15 is 0 Å². The number of hydrogen-bond acceptors (Lipinski definition) is 5. The third-order valence-electron chi connectivity index (χ3n) is 4.68. The maximum atomic E-state index is 12.5. The molecule has 0 radical (unpaired) electrons. The summed E-state index contributed by atoms with van der Waals surface area (Å²) in [7, 11) is 0. The third-order valence-corrected chi connectivity index (χ3v) is 4.68. The van der Waals surface area contributed by atoms with Gasteiger partial charge in [0.2, 0.25) is 0 Å². The van der Waals surface area contributed by atoms with E-state index in [4.69, 9.17) is 4.74 Å². The lowest BCUT2D eigenvalue weighted by atomic mass is 10.1. The number of carbonyl (C=O) groups is 2. The van der Waals surface area contributed by atoms with Gasteiger partial charge in [0.15, 0.2) is 0 Å². The van der Waals surface area contributed by atoms with Gasteiger partial charge in [-0.15, -0.1) is 0 Å². The molecular weight excluding hydrogens is 356 g/mol. The highest BCUT2D eigenvalue weighted by molar-refractivity contribution is 5.96. The lowest BCUT2D eigenvalue weighted by Crippen LogP contribution is -2.41. The minimum Gasteiger partial charge on any atom is -0.379 e. The zero-order valence-electron chi connectivity index (χ0n) is 16.1. The number of aromatic nitrogens is 1. The lowest BCUT2D eigenvalue weighted by molar-refractivity contribution is 0.0383. The molecule has 1 aliphatic heterocycles. The van der Waals surface area contributed by atoms with Crippen molar-refractivity contribution in [2.45, 2.75) is 13.0 Å². The molecule has 2 amide bonds. The van der Waals surface area contributed by atoms with Crippen molar-refractivity contribution in [3.63, 3.8) is 0 Å². The first kappa shape index (κ1) is 20.0. The molecule has 7 heteroatoms. The topological polar surface area (TPSA) is 83.6 Å². The van der Waals surface area contributed by atoms with Crippen LogP contribution in [0.15, 0.2) is 48.5 Å². The first-order chi connectivity index (χ1) is 13.6. The molecule has 0 saturated carbocycles. The summed E-state index contributed by atoms with van der Waals surface area (Å²) in [6.45, 7) is 6.43. The number of pyridine rings is 1. The number of morpholine rings is 1. The Bertz CT molecular complexity index is 791. The Labute approximate surface area is 165 Å². The highest BCUT2D eigenvalue weighted by atomic mass is 16.5. The Balaban J connectivity index is 1.53. The van der Waals surface area contributed by atoms with Crippen LogP contribution in [0.2, 0.25) is 0 Å². The molecule has 28 heavy (non-hydrogen) atoms. The SMILES string of the molecule is CC(NC(=O)c1cccc(C(=O)NCCN2CCOCC2)n1)c1ccccc1. The molecule has 0 aliphatic carbocycles. The van der Waals surface area contributed by atoms with E-state index in [2.05, 4.69) is 20.5 Å². The van der Waals surface area contributed by atoms with Crippen LogP contribution in [0.3, 0.4) is 0 Å². The minimum atomic E-state index is -0.306. The van der Waals surface area contributed by atoms with Crippen LogP contribution in [0, 0.1) is 0 Å². The average Bonchev–Trinajstić information content (AvgIpc) is 2.75. The van der Waals surface area contributed by atoms with Crippen LogP contribution in [0.1, 0.15) is 39.5 Å². The molecule has 1 aromatic carbocycles. The molecule has 0 bridgehead atoms. The predicted molar refractivity (Wildman–Crippen MR) is 106 cm³/mol. The van der Waals surface area contributed by atoms with Crippen molar-refractivity contribution in [1.82, 2.24) is 20.5 Å². The number of carbonyl (C=O) groups excluding carboxylic acids is 2. The molecular formula is C21H26N4O3. The monoisotopic (exact) mass is 382 g/mol. The Kier molecular flexibility index (Phi) is 7.11. The molecule has 148 valence electrons. The zero-order valence-corrected chi connectivity index (χ0v) is 16.1. The first-order valence-corrected chi connectivity index (χ1v) is 9.54. The van der Waals surface area contributed by atoms with E-state index in [0.717, 1.165) is 38.4 Å². The maximum absolute atomic E-state index is 12.5. The van der Waals surface area contributed by atoms with Crippen LogP contribution in [-0.4, -0.2) is 61.1 Å². The number of nitrogens with zero attached hydrogens (tertiary/aromatic N) is 2. The van der Waals surface area contributed by atoms with Crippen LogP contribution >= 0.6 is 0 Å². The Hall–Kier alpha value is -2.77. The van der Waals surface area contributed by atoms with Gasteiger partial charge in [0.1, 0.15) is 11.4 Å². The minimum absolute atomic E-state index is 0.151. The molecule has 2 N–H and O–H groups in total. The van der Waals surface area contributed by atoms with Crippen LogP contribution in [-0.2, 0) is 4.74 Å². The number of amides is 2. The number of ether oxygens (including phenoxy) is 1. The van der Waals surface area contributed by atoms with Gasteiger partial charge in [-0.25, -0.2) is 4.98 Å². The second-order valence-electron chi connectivity index (χ2n) is 6.72. The molecule has 7 nitrogen and oxygen atoms in total. The normalized spacial score (nSPS) is 15.6. The van der Waals surface area contributed by atoms with Crippen LogP contribution in [0.4, 0.5) is 0 Å². The highest BCUT2D eigenvalue weighted by Gasteiger charge is 2.15. The lowest BCUT2D eigenvalue weighted by Gasteiger charge is -2.26. The molecule has 2 aromatic rings. The Morgan fingerprint density at radius 3 is 2.43 bits per heavy atom. The van der Waals surface area contributed by atoms with Crippen molar-refractivity contribution in [3.8, 4) is 0 Å². The van der Waals surface area contributed by atoms with Crippen molar-refractivity contribution in [2.75, 3.05) is 39.4 Å². The summed E-state index contributed by atoms with van der Waals surface area (Å²) in [6.07, 6.45) is 0. The smallest absolute Gasteiger partial charge is 0.270 e. The molecule has 1 saturated heterocycles. The average molecular weight is 382 g/mol. The van der Waals surface area contributed by atoms with E-state index in [1.165, 1.54) is 0 Å². The standard InChI is InChI=1S/C21H26N4O3/c1-16(17-6-3-2-4-7-17)23-21(27)19-9-5-8-18(24-19)20(26)22-10-11-25-12-14-28-15-13-25/h2-9,16H,10-15H2,1H3,(H,22,26)(H,23,27). The molecule has 0 spiro atoms. The number of nitrogens with one attached hydrogen (secondary N) is 2. The Morgan fingerprint density at radius 1 is 1.04 bits per heavy atom. The van der Waals surface area contributed by atoms with Gasteiger partial charge >= 0.3 is 0 Å².